The SMILES string of the molecule is CN(CCSc1n(C)cc[n+]1C)c1ccc(/C=C/C23OCCN2c2ccc(S(C)(=O)=O)cc2C3(C)C)cc1. The minimum absolute atomic E-state index is 0.347. The fraction of sp³-hybridized carbons (Fsp3) is 0.414. The fourth-order valence-electron chi connectivity index (χ4n) is 5.61. The van der Waals surface area contributed by atoms with Gasteiger partial charge in [-0.3, -0.25) is 0 Å². The second kappa shape index (κ2) is 9.77. The van der Waals surface area contributed by atoms with E-state index in [-0.39, 0.29) is 0 Å². The molecular weight excluding hydrogens is 516 g/mol. The number of hydrogen-bond donors (Lipinski definition) is 0. The Morgan fingerprint density at radius 3 is 2.58 bits per heavy atom. The second-order valence-corrected chi connectivity index (χ2v) is 13.8. The van der Waals surface area contributed by atoms with Crippen molar-refractivity contribution in [3.8, 4) is 0 Å². The predicted octanol–water partition coefficient (Wildman–Crippen LogP) is 4.02. The molecule has 2 aromatic carbocycles. The van der Waals surface area contributed by atoms with Gasteiger partial charge in [0.2, 0.25) is 0 Å². The van der Waals surface area contributed by atoms with Crippen molar-refractivity contribution in [2.24, 2.45) is 14.1 Å². The van der Waals surface area contributed by atoms with Crippen molar-refractivity contribution in [1.82, 2.24) is 4.57 Å². The maximum absolute atomic E-state index is 12.2. The molecular formula is C29H37N4O3S2+. The summed E-state index contributed by atoms with van der Waals surface area (Å²) in [5, 5.41) is 1.24. The van der Waals surface area contributed by atoms with Crippen molar-refractivity contribution in [2.75, 3.05) is 48.6 Å². The van der Waals surface area contributed by atoms with Crippen LogP contribution in [0.2, 0.25) is 0 Å². The Labute approximate surface area is 230 Å². The zero-order valence-electron chi connectivity index (χ0n) is 23.0. The third-order valence-corrected chi connectivity index (χ3v) is 10.2. The smallest absolute Gasteiger partial charge is 0.317 e. The van der Waals surface area contributed by atoms with E-state index in [1.807, 2.05) is 23.9 Å². The van der Waals surface area contributed by atoms with E-state index < -0.39 is 21.0 Å². The number of nitrogens with zero attached hydrogens (tertiary/aromatic N) is 4. The number of rotatable bonds is 8. The highest BCUT2D eigenvalue weighted by atomic mass is 32.2. The highest BCUT2D eigenvalue weighted by Crippen LogP contribution is 2.55. The summed E-state index contributed by atoms with van der Waals surface area (Å²) in [4.78, 5) is 4.90. The molecule has 7 nitrogen and oxygen atoms in total. The molecule has 9 heteroatoms. The zero-order chi connectivity index (χ0) is 27.3. The Bertz CT molecular complexity index is 1460. The summed E-state index contributed by atoms with van der Waals surface area (Å²) >= 11 is 1.85. The number of fused-ring (bicyclic) bond motifs is 3. The molecule has 0 bridgehead atoms. The van der Waals surface area contributed by atoms with Crippen LogP contribution >= 0.6 is 11.8 Å². The van der Waals surface area contributed by atoms with E-state index >= 15 is 0 Å². The molecule has 3 heterocycles. The first-order valence-corrected chi connectivity index (χ1v) is 15.7. The zero-order valence-corrected chi connectivity index (χ0v) is 24.6. The monoisotopic (exact) mass is 553 g/mol. The summed E-state index contributed by atoms with van der Waals surface area (Å²) in [6.45, 7) is 6.61. The van der Waals surface area contributed by atoms with Gasteiger partial charge in [0.25, 0.3) is 0 Å². The Hall–Kier alpha value is -2.75. The molecule has 0 saturated carbocycles. The third-order valence-electron chi connectivity index (χ3n) is 7.90. The van der Waals surface area contributed by atoms with Crippen LogP contribution in [0.4, 0.5) is 11.4 Å². The van der Waals surface area contributed by atoms with Crippen molar-refractivity contribution < 1.29 is 17.7 Å². The van der Waals surface area contributed by atoms with Crippen LogP contribution in [0.25, 0.3) is 6.08 Å². The molecule has 0 radical (unpaired) electrons. The number of aryl methyl sites for hydroxylation is 2. The largest absolute Gasteiger partial charge is 0.374 e. The first kappa shape index (κ1) is 26.8. The number of thioether (sulfide) groups is 1. The van der Waals surface area contributed by atoms with Crippen LogP contribution in [0, 0.1) is 0 Å². The summed E-state index contributed by atoms with van der Waals surface area (Å²) in [7, 11) is 2.99. The number of hydrogen-bond acceptors (Lipinski definition) is 6. The summed E-state index contributed by atoms with van der Waals surface area (Å²) < 4.78 is 35.2. The maximum Gasteiger partial charge on any atom is 0.317 e. The molecule has 1 atom stereocenters. The Kier molecular flexibility index (Phi) is 6.90. The Morgan fingerprint density at radius 2 is 1.92 bits per heavy atom. The van der Waals surface area contributed by atoms with Crippen LogP contribution < -0.4 is 14.4 Å². The number of benzene rings is 2. The van der Waals surface area contributed by atoms with Crippen molar-refractivity contribution >= 4 is 39.0 Å². The molecule has 0 aliphatic carbocycles. The Balaban J connectivity index is 1.31. The van der Waals surface area contributed by atoms with Gasteiger partial charge in [0, 0.05) is 48.9 Å². The van der Waals surface area contributed by atoms with Gasteiger partial charge in [0.15, 0.2) is 15.6 Å². The molecule has 1 saturated heterocycles. The van der Waals surface area contributed by atoms with Crippen molar-refractivity contribution in [1.29, 1.82) is 0 Å². The van der Waals surface area contributed by atoms with E-state index in [1.165, 1.54) is 17.1 Å². The van der Waals surface area contributed by atoms with Crippen LogP contribution in [-0.2, 0) is 34.1 Å². The standard InChI is InChI=1S/C29H37N4O3S2/c1-28(2)25-21-24(38(6,34)35)11-12-26(25)33-17-19-36-29(28,33)14-13-22-7-9-23(10-8-22)30(3)18-20-37-27-31(4)15-16-32(27)5/h7-16,21H,17-20H2,1-6H3/q+1/b14-13+. The van der Waals surface area contributed by atoms with E-state index in [0.717, 1.165) is 35.7 Å². The van der Waals surface area contributed by atoms with Gasteiger partial charge in [-0.1, -0.05) is 32.1 Å². The number of imidazole rings is 1. The van der Waals surface area contributed by atoms with Gasteiger partial charge >= 0.3 is 5.16 Å². The Morgan fingerprint density at radius 1 is 1.18 bits per heavy atom. The van der Waals surface area contributed by atoms with Crippen LogP contribution in [0.5, 0.6) is 0 Å². The molecule has 202 valence electrons. The fourth-order valence-corrected chi connectivity index (χ4v) is 7.33. The van der Waals surface area contributed by atoms with Crippen LogP contribution in [0.15, 0.2) is 71.0 Å². The normalized spacial score (nSPS) is 20.2. The van der Waals surface area contributed by atoms with Gasteiger partial charge in [0.05, 0.1) is 25.6 Å². The average molecular weight is 554 g/mol. The lowest BCUT2D eigenvalue weighted by atomic mass is 9.77. The van der Waals surface area contributed by atoms with Gasteiger partial charge in [-0.25, -0.2) is 17.6 Å². The number of aromatic nitrogens is 2. The summed E-state index contributed by atoms with van der Waals surface area (Å²) in [6.07, 6.45) is 9.68. The first-order chi connectivity index (χ1) is 17.9. The van der Waals surface area contributed by atoms with E-state index in [4.69, 9.17) is 4.74 Å². The maximum atomic E-state index is 12.2. The summed E-state index contributed by atoms with van der Waals surface area (Å²) in [6, 6.07) is 14.0. The molecule has 1 fully saturated rings. The van der Waals surface area contributed by atoms with Gasteiger partial charge in [0.1, 0.15) is 12.4 Å². The van der Waals surface area contributed by atoms with E-state index in [2.05, 4.69) is 103 Å². The van der Waals surface area contributed by atoms with E-state index in [0.29, 0.717) is 11.5 Å². The van der Waals surface area contributed by atoms with Crippen molar-refractivity contribution in [3.05, 3.63) is 72.1 Å². The molecule has 2 aliphatic rings. The minimum Gasteiger partial charge on any atom is -0.374 e. The third kappa shape index (κ3) is 4.54. The highest BCUT2D eigenvalue weighted by molar-refractivity contribution is 7.99. The predicted molar refractivity (Wildman–Crippen MR) is 155 cm³/mol. The van der Waals surface area contributed by atoms with Gasteiger partial charge < -0.3 is 14.5 Å². The number of anilines is 2. The highest BCUT2D eigenvalue weighted by Gasteiger charge is 2.59. The molecule has 38 heavy (non-hydrogen) atoms. The van der Waals surface area contributed by atoms with Gasteiger partial charge in [-0.2, -0.15) is 0 Å². The van der Waals surface area contributed by atoms with E-state index in [1.54, 1.807) is 6.07 Å². The van der Waals surface area contributed by atoms with Gasteiger partial charge in [-0.15, -0.1) is 0 Å². The molecule has 0 amide bonds. The van der Waals surface area contributed by atoms with E-state index in [9.17, 15) is 8.42 Å². The quantitative estimate of drug-likeness (QED) is 0.310. The second-order valence-electron chi connectivity index (χ2n) is 10.8. The lowest BCUT2D eigenvalue weighted by Gasteiger charge is -2.39. The first-order valence-electron chi connectivity index (χ1n) is 12.8. The van der Waals surface area contributed by atoms with Crippen LogP contribution in [-0.4, -0.2) is 57.5 Å². The molecule has 1 aromatic heterocycles. The lowest BCUT2D eigenvalue weighted by molar-refractivity contribution is -0.709. The molecule has 0 spiro atoms. The van der Waals surface area contributed by atoms with Gasteiger partial charge in [-0.05, 0) is 59.3 Å². The molecule has 1 unspecified atom stereocenters. The lowest BCUT2D eigenvalue weighted by Crippen LogP contribution is -2.51. The van der Waals surface area contributed by atoms with Crippen molar-refractivity contribution in [3.63, 3.8) is 0 Å². The molecule has 3 aromatic rings. The molecule has 0 N–H and O–H groups in total. The minimum atomic E-state index is -3.29. The summed E-state index contributed by atoms with van der Waals surface area (Å²) in [5.41, 5.74) is 3.24. The number of sulfone groups is 1. The topological polar surface area (TPSA) is 58.7 Å². The average Bonchev–Trinajstić information content (AvgIpc) is 3.50. The number of ether oxygens (including phenoxy) is 1. The molecule has 5 rings (SSSR count). The van der Waals surface area contributed by atoms with Crippen LogP contribution in [0.3, 0.4) is 0 Å². The van der Waals surface area contributed by atoms with Crippen LogP contribution in [0.1, 0.15) is 25.0 Å². The summed E-state index contributed by atoms with van der Waals surface area (Å²) in [5.74, 6) is 0.996. The van der Waals surface area contributed by atoms with Crippen molar-refractivity contribution in [2.45, 2.75) is 35.0 Å². The molecule has 2 aliphatic heterocycles.